The van der Waals surface area contributed by atoms with Gasteiger partial charge in [-0.15, -0.1) is 0 Å². The average Bonchev–Trinajstić information content (AvgIpc) is 2.38. The molecule has 1 heterocycles. The molecule has 1 aromatic carbocycles. The van der Waals surface area contributed by atoms with Crippen LogP contribution in [0.5, 0.6) is 5.75 Å². The Balaban J connectivity index is 2.71. The van der Waals surface area contributed by atoms with Crippen LogP contribution in [-0.4, -0.2) is 18.0 Å². The molecule has 0 saturated heterocycles. The van der Waals surface area contributed by atoms with Gasteiger partial charge in [-0.05, 0) is 30.7 Å². The zero-order valence-corrected chi connectivity index (χ0v) is 10.3. The molecule has 0 fully saturated rings. The van der Waals surface area contributed by atoms with Crippen LogP contribution in [0.3, 0.4) is 0 Å². The molecule has 0 atom stereocenters. The van der Waals surface area contributed by atoms with E-state index in [0.717, 1.165) is 11.1 Å². The van der Waals surface area contributed by atoms with Gasteiger partial charge in [0, 0.05) is 11.8 Å². The molecule has 0 aliphatic rings. The lowest BCUT2D eigenvalue weighted by molar-refractivity contribution is 0.1000. The number of amides is 1. The average molecular weight is 242 g/mol. The summed E-state index contributed by atoms with van der Waals surface area (Å²) in [4.78, 5) is 15.8. The highest BCUT2D eigenvalue weighted by atomic mass is 16.5. The number of pyridine rings is 1. The lowest BCUT2D eigenvalue weighted by Gasteiger charge is -2.11. The van der Waals surface area contributed by atoms with E-state index in [1.165, 1.54) is 0 Å². The predicted molar refractivity (Wildman–Crippen MR) is 69.5 cm³/mol. The Morgan fingerprint density at radius 2 is 2.00 bits per heavy atom. The smallest absolute Gasteiger partial charge is 0.251 e. The number of hydrogen-bond acceptors (Lipinski definition) is 3. The fourth-order valence-corrected chi connectivity index (χ4v) is 1.91. The van der Waals surface area contributed by atoms with Crippen LogP contribution in [-0.2, 0) is 0 Å². The lowest BCUT2D eigenvalue weighted by atomic mass is 10.0. The Hall–Kier alpha value is -2.36. The summed E-state index contributed by atoms with van der Waals surface area (Å²) in [7, 11) is 1.58. The number of aromatic nitrogens is 1. The third-order valence-corrected chi connectivity index (χ3v) is 2.77. The van der Waals surface area contributed by atoms with Crippen LogP contribution in [0.4, 0.5) is 0 Å². The second kappa shape index (κ2) is 4.87. The number of ether oxygens (including phenoxy) is 1. The fourth-order valence-electron chi connectivity index (χ4n) is 1.91. The molecule has 2 aromatic rings. The Bertz CT molecular complexity index is 594. The number of primary amides is 1. The van der Waals surface area contributed by atoms with E-state index in [4.69, 9.17) is 10.5 Å². The Morgan fingerprint density at radius 1 is 1.28 bits per heavy atom. The molecule has 0 saturated carbocycles. The lowest BCUT2D eigenvalue weighted by Crippen LogP contribution is -2.15. The van der Waals surface area contributed by atoms with Crippen molar-refractivity contribution < 1.29 is 9.53 Å². The van der Waals surface area contributed by atoms with E-state index < -0.39 is 5.91 Å². The molecule has 0 spiro atoms. The molecule has 0 unspecified atom stereocenters. The van der Waals surface area contributed by atoms with Gasteiger partial charge in [0.2, 0.25) is 0 Å². The predicted octanol–water partition coefficient (Wildman–Crippen LogP) is 2.16. The summed E-state index contributed by atoms with van der Waals surface area (Å²) >= 11 is 0. The van der Waals surface area contributed by atoms with Crippen molar-refractivity contribution in [2.75, 3.05) is 7.11 Å². The van der Waals surface area contributed by atoms with Crippen molar-refractivity contribution >= 4 is 5.91 Å². The third kappa shape index (κ3) is 2.05. The number of aryl methyl sites for hydroxylation is 1. The van der Waals surface area contributed by atoms with E-state index in [-0.39, 0.29) is 0 Å². The third-order valence-electron chi connectivity index (χ3n) is 2.77. The normalized spacial score (nSPS) is 10.1. The monoisotopic (exact) mass is 242 g/mol. The molecule has 92 valence electrons. The summed E-state index contributed by atoms with van der Waals surface area (Å²) < 4.78 is 5.28. The van der Waals surface area contributed by atoms with Crippen molar-refractivity contribution in [1.29, 1.82) is 0 Å². The standard InChI is InChI=1S/C14H14N2O2/c1-9-7-8-16-13(12(9)14(15)17)10-5-3-4-6-11(10)18-2/h3-8H,1-2H3,(H2,15,17). The van der Waals surface area contributed by atoms with E-state index in [9.17, 15) is 4.79 Å². The van der Waals surface area contributed by atoms with Crippen molar-refractivity contribution in [3.63, 3.8) is 0 Å². The summed E-state index contributed by atoms with van der Waals surface area (Å²) in [6, 6.07) is 9.17. The number of para-hydroxylation sites is 1. The zero-order chi connectivity index (χ0) is 13.1. The molecule has 4 heteroatoms. The first-order valence-electron chi connectivity index (χ1n) is 5.54. The molecule has 0 aliphatic carbocycles. The van der Waals surface area contributed by atoms with E-state index >= 15 is 0 Å². The van der Waals surface area contributed by atoms with E-state index in [1.807, 2.05) is 31.2 Å². The first-order valence-corrected chi connectivity index (χ1v) is 5.54. The number of nitrogens with two attached hydrogens (primary N) is 1. The molecule has 1 aromatic heterocycles. The van der Waals surface area contributed by atoms with Crippen molar-refractivity contribution in [2.24, 2.45) is 5.73 Å². The number of methoxy groups -OCH3 is 1. The molecular formula is C14H14N2O2. The molecule has 0 bridgehead atoms. The van der Waals surface area contributed by atoms with Crippen LogP contribution in [0.2, 0.25) is 0 Å². The summed E-state index contributed by atoms with van der Waals surface area (Å²) in [6.45, 7) is 1.83. The van der Waals surface area contributed by atoms with Crippen molar-refractivity contribution in [2.45, 2.75) is 6.92 Å². The van der Waals surface area contributed by atoms with Crippen LogP contribution in [0, 0.1) is 6.92 Å². The van der Waals surface area contributed by atoms with E-state index in [1.54, 1.807) is 19.4 Å². The van der Waals surface area contributed by atoms with Gasteiger partial charge in [-0.25, -0.2) is 0 Å². The SMILES string of the molecule is COc1ccccc1-c1nccc(C)c1C(N)=O. The number of carbonyl (C=O) groups is 1. The van der Waals surface area contributed by atoms with E-state index in [2.05, 4.69) is 4.98 Å². The highest BCUT2D eigenvalue weighted by Crippen LogP contribution is 2.31. The van der Waals surface area contributed by atoms with Gasteiger partial charge in [-0.1, -0.05) is 12.1 Å². The molecule has 0 aliphatic heterocycles. The molecule has 0 radical (unpaired) electrons. The summed E-state index contributed by atoms with van der Waals surface area (Å²) in [5.74, 6) is 0.180. The number of rotatable bonds is 3. The second-order valence-corrected chi connectivity index (χ2v) is 3.92. The quantitative estimate of drug-likeness (QED) is 0.897. The van der Waals surface area contributed by atoms with Crippen LogP contribution >= 0.6 is 0 Å². The van der Waals surface area contributed by atoms with Crippen molar-refractivity contribution in [3.05, 3.63) is 47.7 Å². The van der Waals surface area contributed by atoms with Crippen LogP contribution in [0.15, 0.2) is 36.5 Å². The van der Waals surface area contributed by atoms with Crippen LogP contribution < -0.4 is 10.5 Å². The minimum Gasteiger partial charge on any atom is -0.496 e. The van der Waals surface area contributed by atoms with Gasteiger partial charge in [0.15, 0.2) is 0 Å². The number of nitrogens with zero attached hydrogens (tertiary/aromatic N) is 1. The first-order chi connectivity index (χ1) is 8.65. The minimum absolute atomic E-state index is 0.432. The molecule has 1 amide bonds. The minimum atomic E-state index is -0.485. The van der Waals surface area contributed by atoms with E-state index in [0.29, 0.717) is 17.0 Å². The molecule has 2 N–H and O–H groups in total. The van der Waals surface area contributed by atoms with Gasteiger partial charge in [-0.2, -0.15) is 0 Å². The van der Waals surface area contributed by atoms with Gasteiger partial charge < -0.3 is 10.5 Å². The number of benzene rings is 1. The largest absolute Gasteiger partial charge is 0.496 e. The summed E-state index contributed by atoms with van der Waals surface area (Å²) in [5.41, 5.74) is 7.98. The summed E-state index contributed by atoms with van der Waals surface area (Å²) in [5, 5.41) is 0. The second-order valence-electron chi connectivity index (χ2n) is 3.92. The fraction of sp³-hybridized carbons (Fsp3) is 0.143. The molecule has 18 heavy (non-hydrogen) atoms. The highest BCUT2D eigenvalue weighted by Gasteiger charge is 2.16. The molecule has 4 nitrogen and oxygen atoms in total. The summed E-state index contributed by atoms with van der Waals surface area (Å²) in [6.07, 6.45) is 1.66. The van der Waals surface area contributed by atoms with Crippen LogP contribution in [0.1, 0.15) is 15.9 Å². The first kappa shape index (κ1) is 12.1. The maximum atomic E-state index is 11.6. The highest BCUT2D eigenvalue weighted by molar-refractivity contribution is 6.00. The molecular weight excluding hydrogens is 228 g/mol. The van der Waals surface area contributed by atoms with Crippen molar-refractivity contribution in [1.82, 2.24) is 4.98 Å². The topological polar surface area (TPSA) is 65.2 Å². The van der Waals surface area contributed by atoms with Crippen LogP contribution in [0.25, 0.3) is 11.3 Å². The van der Waals surface area contributed by atoms with Gasteiger partial charge in [0.25, 0.3) is 5.91 Å². The zero-order valence-electron chi connectivity index (χ0n) is 10.3. The Morgan fingerprint density at radius 3 is 2.67 bits per heavy atom. The molecule has 2 rings (SSSR count). The number of hydrogen-bond donors (Lipinski definition) is 1. The Kier molecular flexibility index (Phi) is 3.28. The van der Waals surface area contributed by atoms with Gasteiger partial charge in [0.1, 0.15) is 5.75 Å². The van der Waals surface area contributed by atoms with Gasteiger partial charge >= 0.3 is 0 Å². The maximum absolute atomic E-state index is 11.6. The maximum Gasteiger partial charge on any atom is 0.251 e. The number of carbonyl (C=O) groups excluding carboxylic acids is 1. The van der Waals surface area contributed by atoms with Gasteiger partial charge in [-0.3, -0.25) is 9.78 Å². The van der Waals surface area contributed by atoms with Gasteiger partial charge in [0.05, 0.1) is 18.4 Å². The Labute approximate surface area is 105 Å². The van der Waals surface area contributed by atoms with Crippen molar-refractivity contribution in [3.8, 4) is 17.0 Å².